The van der Waals surface area contributed by atoms with Gasteiger partial charge < -0.3 is 15.0 Å². The van der Waals surface area contributed by atoms with E-state index in [9.17, 15) is 14.0 Å². The molecule has 0 spiro atoms. The van der Waals surface area contributed by atoms with Gasteiger partial charge in [0.15, 0.2) is 5.13 Å². The third-order valence-corrected chi connectivity index (χ3v) is 4.82. The molecule has 1 saturated heterocycles. The zero-order valence-electron chi connectivity index (χ0n) is 13.8. The van der Waals surface area contributed by atoms with Crippen LogP contribution in [0.4, 0.5) is 9.52 Å². The Labute approximate surface area is 147 Å². The summed E-state index contributed by atoms with van der Waals surface area (Å²) in [4.78, 5) is 35.0. The summed E-state index contributed by atoms with van der Waals surface area (Å²) >= 11 is 1.13. The molecule has 2 aromatic heterocycles. The molecule has 2 aromatic rings. The van der Waals surface area contributed by atoms with Gasteiger partial charge in [-0.25, -0.2) is 4.98 Å². The smallest absolute Gasteiger partial charge is 0.254 e. The van der Waals surface area contributed by atoms with Crippen LogP contribution in [0.25, 0.3) is 0 Å². The molecule has 1 unspecified atom stereocenters. The number of ether oxygens (including phenoxy) is 1. The van der Waals surface area contributed by atoms with E-state index >= 15 is 0 Å². The van der Waals surface area contributed by atoms with Crippen LogP contribution in [0, 0.1) is 5.95 Å². The molecule has 25 heavy (non-hydrogen) atoms. The molecule has 8 nitrogen and oxygen atoms in total. The van der Waals surface area contributed by atoms with Crippen LogP contribution in [0.2, 0.25) is 0 Å². The molecule has 134 valence electrons. The van der Waals surface area contributed by atoms with Crippen molar-refractivity contribution in [3.05, 3.63) is 33.6 Å². The largest absolute Gasteiger partial charge is 0.473 e. The molecular weight excluding hydrogens is 349 g/mol. The lowest BCUT2D eigenvalue weighted by atomic mass is 10.2. The lowest BCUT2D eigenvalue weighted by Gasteiger charge is -2.19. The second kappa shape index (κ2) is 7.28. The van der Waals surface area contributed by atoms with Crippen molar-refractivity contribution < 1.29 is 13.9 Å². The van der Waals surface area contributed by atoms with E-state index in [4.69, 9.17) is 4.74 Å². The highest BCUT2D eigenvalue weighted by Gasteiger charge is 2.32. The number of nitrogens with zero attached hydrogens (tertiary/aromatic N) is 3. The highest BCUT2D eigenvalue weighted by Crippen LogP contribution is 2.28. The van der Waals surface area contributed by atoms with E-state index in [2.05, 4.69) is 25.2 Å². The standard InChI is InChI=1S/C15H18FN5O3S/c1-8-3-10(24-13-4-12(23)17-7-18-13)5-21(8)6-11-14(16)20-15(25-11)19-9(2)22/h4,7-8,10H,3,5-6H2,1-2H3,(H,17,18,23)(H,19,20,22)/t8-,10?/m0/s1. The number of anilines is 1. The van der Waals surface area contributed by atoms with E-state index in [0.717, 1.165) is 17.8 Å². The summed E-state index contributed by atoms with van der Waals surface area (Å²) < 4.78 is 19.7. The summed E-state index contributed by atoms with van der Waals surface area (Å²) in [6.07, 6.45) is 1.91. The molecule has 0 aromatic carbocycles. The molecule has 0 saturated carbocycles. The number of H-pyrrole nitrogens is 1. The average molecular weight is 367 g/mol. The highest BCUT2D eigenvalue weighted by atomic mass is 32.1. The minimum absolute atomic E-state index is 0.130. The number of rotatable bonds is 5. The first-order valence-corrected chi connectivity index (χ1v) is 8.60. The van der Waals surface area contributed by atoms with Crippen molar-refractivity contribution in [3.8, 4) is 5.88 Å². The van der Waals surface area contributed by atoms with Gasteiger partial charge in [-0.3, -0.25) is 14.5 Å². The summed E-state index contributed by atoms with van der Waals surface area (Å²) in [6.45, 7) is 4.35. The number of aromatic nitrogens is 3. The lowest BCUT2D eigenvalue weighted by molar-refractivity contribution is -0.114. The fourth-order valence-electron chi connectivity index (χ4n) is 2.76. The Bertz CT molecular complexity index is 823. The fourth-order valence-corrected chi connectivity index (χ4v) is 3.67. The van der Waals surface area contributed by atoms with Gasteiger partial charge in [0, 0.05) is 32.5 Å². The van der Waals surface area contributed by atoms with Crippen molar-refractivity contribution in [1.29, 1.82) is 0 Å². The van der Waals surface area contributed by atoms with Crippen LogP contribution in [0.5, 0.6) is 5.88 Å². The summed E-state index contributed by atoms with van der Waals surface area (Å²) in [6, 6.07) is 1.48. The molecule has 0 aliphatic carbocycles. The maximum absolute atomic E-state index is 14.0. The second-order valence-corrected chi connectivity index (χ2v) is 7.00. The molecule has 2 atom stereocenters. The predicted octanol–water partition coefficient (Wildman–Crippen LogP) is 1.37. The number of hydrogen-bond donors (Lipinski definition) is 2. The average Bonchev–Trinajstić information content (AvgIpc) is 3.02. The SMILES string of the molecule is CC(=O)Nc1nc(F)c(CN2CC(Oc3cc(=O)[nH]cn3)C[C@@H]2C)s1. The molecule has 3 rings (SSSR count). The van der Waals surface area contributed by atoms with Crippen LogP contribution in [0.3, 0.4) is 0 Å². The van der Waals surface area contributed by atoms with Crippen LogP contribution in [0.15, 0.2) is 17.2 Å². The van der Waals surface area contributed by atoms with E-state index in [1.54, 1.807) is 0 Å². The van der Waals surface area contributed by atoms with E-state index in [0.29, 0.717) is 18.0 Å². The monoisotopic (exact) mass is 367 g/mol. The van der Waals surface area contributed by atoms with E-state index in [1.165, 1.54) is 19.3 Å². The number of nitrogens with one attached hydrogen (secondary N) is 2. The molecule has 1 aliphatic heterocycles. The number of carbonyl (C=O) groups excluding carboxylic acids is 1. The topological polar surface area (TPSA) is 100 Å². The van der Waals surface area contributed by atoms with Crippen LogP contribution in [-0.4, -0.2) is 44.4 Å². The lowest BCUT2D eigenvalue weighted by Crippen LogP contribution is -2.28. The van der Waals surface area contributed by atoms with Gasteiger partial charge >= 0.3 is 0 Å². The molecule has 2 N–H and O–H groups in total. The second-order valence-electron chi connectivity index (χ2n) is 5.92. The normalized spacial score (nSPS) is 20.6. The van der Waals surface area contributed by atoms with Crippen LogP contribution >= 0.6 is 11.3 Å². The third kappa shape index (κ3) is 4.40. The van der Waals surface area contributed by atoms with E-state index in [1.807, 2.05) is 6.92 Å². The van der Waals surface area contributed by atoms with Crippen LogP contribution < -0.4 is 15.6 Å². The van der Waals surface area contributed by atoms with Crippen LogP contribution in [-0.2, 0) is 11.3 Å². The number of aromatic amines is 1. The quantitative estimate of drug-likeness (QED) is 0.828. The van der Waals surface area contributed by atoms with Gasteiger partial charge in [-0.15, -0.1) is 0 Å². The highest BCUT2D eigenvalue weighted by molar-refractivity contribution is 7.15. The van der Waals surface area contributed by atoms with Crippen molar-refractivity contribution >= 4 is 22.4 Å². The van der Waals surface area contributed by atoms with E-state index < -0.39 is 5.95 Å². The molecule has 0 bridgehead atoms. The molecule has 1 aliphatic rings. The van der Waals surface area contributed by atoms with Crippen molar-refractivity contribution in [3.63, 3.8) is 0 Å². The first-order chi connectivity index (χ1) is 11.9. The maximum Gasteiger partial charge on any atom is 0.254 e. The number of amides is 1. The molecule has 1 fully saturated rings. The van der Waals surface area contributed by atoms with Crippen molar-refractivity contribution in [2.45, 2.75) is 39.0 Å². The Morgan fingerprint density at radius 3 is 3.12 bits per heavy atom. The van der Waals surface area contributed by atoms with E-state index in [-0.39, 0.29) is 34.6 Å². The molecule has 3 heterocycles. The van der Waals surface area contributed by atoms with Gasteiger partial charge in [-0.05, 0) is 6.92 Å². The first-order valence-electron chi connectivity index (χ1n) is 7.79. The number of thiazole rings is 1. The minimum Gasteiger partial charge on any atom is -0.473 e. The number of carbonyl (C=O) groups is 1. The Balaban J connectivity index is 1.63. The predicted molar refractivity (Wildman–Crippen MR) is 90.1 cm³/mol. The van der Waals surface area contributed by atoms with Gasteiger partial charge in [0.1, 0.15) is 6.10 Å². The third-order valence-electron chi connectivity index (χ3n) is 3.89. The Morgan fingerprint density at radius 1 is 1.60 bits per heavy atom. The summed E-state index contributed by atoms with van der Waals surface area (Å²) in [5.41, 5.74) is -0.273. The van der Waals surface area contributed by atoms with Crippen LogP contribution in [0.1, 0.15) is 25.1 Å². The maximum atomic E-state index is 14.0. The molecule has 1 amide bonds. The summed E-state index contributed by atoms with van der Waals surface area (Å²) in [7, 11) is 0. The fraction of sp³-hybridized carbons (Fsp3) is 0.467. The minimum atomic E-state index is -0.568. The molecule has 10 heteroatoms. The first kappa shape index (κ1) is 17.5. The number of hydrogen-bond acceptors (Lipinski definition) is 7. The zero-order chi connectivity index (χ0) is 18.0. The van der Waals surface area contributed by atoms with Gasteiger partial charge in [0.2, 0.25) is 17.7 Å². The zero-order valence-corrected chi connectivity index (χ0v) is 14.6. The van der Waals surface area contributed by atoms with Gasteiger partial charge in [-0.2, -0.15) is 9.37 Å². The summed E-state index contributed by atoms with van der Waals surface area (Å²) in [5, 5.41) is 2.75. The molecule has 0 radical (unpaired) electrons. The van der Waals surface area contributed by atoms with Gasteiger partial charge in [0.25, 0.3) is 5.56 Å². The van der Waals surface area contributed by atoms with Crippen molar-refractivity contribution in [2.75, 3.05) is 11.9 Å². The summed E-state index contributed by atoms with van der Waals surface area (Å²) in [5.74, 6) is -0.574. The van der Waals surface area contributed by atoms with Crippen molar-refractivity contribution in [1.82, 2.24) is 19.9 Å². The van der Waals surface area contributed by atoms with Gasteiger partial charge in [0.05, 0.1) is 17.3 Å². The van der Waals surface area contributed by atoms with Gasteiger partial charge in [-0.1, -0.05) is 11.3 Å². The Kier molecular flexibility index (Phi) is 5.09. The number of halogens is 1. The van der Waals surface area contributed by atoms with Crippen molar-refractivity contribution in [2.24, 2.45) is 0 Å². The Hall–Kier alpha value is -2.33. The molecular formula is C15H18FN5O3S. The number of likely N-dealkylation sites (tertiary alicyclic amines) is 1. The Morgan fingerprint density at radius 2 is 2.40 bits per heavy atom.